The number of carbonyl (C=O) groups excluding carboxylic acids is 2. The summed E-state index contributed by atoms with van der Waals surface area (Å²) in [6.07, 6.45) is 9.63. The Labute approximate surface area is 280 Å². The van der Waals surface area contributed by atoms with E-state index in [2.05, 4.69) is 26.6 Å². The number of nitrogens with one attached hydrogen (secondary N) is 1. The molecule has 48 heavy (non-hydrogen) atoms. The average molecular weight is 652 g/mol. The minimum Gasteiger partial charge on any atom is -0.494 e. The van der Waals surface area contributed by atoms with E-state index in [4.69, 9.17) is 25.2 Å². The second kappa shape index (κ2) is 11.3. The summed E-state index contributed by atoms with van der Waals surface area (Å²) >= 11 is 0. The molecule has 5 aliphatic rings. The zero-order chi connectivity index (χ0) is 32.7. The molecule has 2 amide bonds. The van der Waals surface area contributed by atoms with Crippen molar-refractivity contribution in [1.82, 2.24) is 29.3 Å². The first-order valence-corrected chi connectivity index (χ1v) is 18.0. The van der Waals surface area contributed by atoms with Gasteiger partial charge in [0, 0.05) is 48.8 Å². The standard InChI is InChI=1S/C37H45N7O4/c1-21-28-11-7-23-18-30(42(33(23)40-28)14-4-3-5-15-48-37(12-13-37)36(46)39-21)34-41-29-17-24(19-31(47-2)32(29)44(34)25-9-10-25)35(45)43-20-27(38)22-6-8-26(43)16-22/h7,11,17-19,21-22,25-27H,3-6,8-10,12-16,20,38H2,1-2H3,(H,39,46)/t21-,22-,26+,27+/m1/s1. The quantitative estimate of drug-likeness (QED) is 0.308. The van der Waals surface area contributed by atoms with Gasteiger partial charge in [-0.3, -0.25) is 9.59 Å². The number of ether oxygens (including phenoxy) is 2. The van der Waals surface area contributed by atoms with Gasteiger partial charge < -0.3 is 34.6 Å². The summed E-state index contributed by atoms with van der Waals surface area (Å²) in [6.45, 7) is 3.96. The molecule has 5 heterocycles. The van der Waals surface area contributed by atoms with Crippen LogP contribution in [0.25, 0.3) is 33.6 Å². The van der Waals surface area contributed by atoms with Gasteiger partial charge in [-0.25, -0.2) is 9.97 Å². The lowest BCUT2D eigenvalue weighted by molar-refractivity contribution is -0.136. The highest BCUT2D eigenvalue weighted by atomic mass is 16.5. The number of fused-ring (bicyclic) bond motifs is 4. The molecule has 1 saturated heterocycles. The van der Waals surface area contributed by atoms with Crippen molar-refractivity contribution in [2.45, 2.75) is 107 Å². The number of nitrogens with two attached hydrogens (primary N) is 1. The third-order valence-electron chi connectivity index (χ3n) is 11.6. The Hall–Kier alpha value is -3.96. The van der Waals surface area contributed by atoms with Crippen molar-refractivity contribution in [3.05, 3.63) is 41.6 Å². The molecule has 9 rings (SSSR count). The molecular formula is C37H45N7O4. The average Bonchev–Trinajstić information content (AvgIpc) is 3.98. The van der Waals surface area contributed by atoms with Crippen molar-refractivity contribution in [2.24, 2.45) is 11.7 Å². The molecule has 1 spiro atoms. The largest absolute Gasteiger partial charge is 0.494 e. The van der Waals surface area contributed by atoms with E-state index in [1.54, 1.807) is 7.11 Å². The lowest BCUT2D eigenvalue weighted by Gasteiger charge is -2.37. The zero-order valence-corrected chi connectivity index (χ0v) is 27.9. The Balaban J connectivity index is 1.14. The number of benzene rings is 1. The molecule has 4 bridgehead atoms. The summed E-state index contributed by atoms with van der Waals surface area (Å²) < 4.78 is 16.8. The van der Waals surface area contributed by atoms with Crippen molar-refractivity contribution in [3.63, 3.8) is 0 Å². The number of methoxy groups -OCH3 is 1. The first-order valence-electron chi connectivity index (χ1n) is 18.0. The van der Waals surface area contributed by atoms with Crippen molar-refractivity contribution < 1.29 is 19.1 Å². The van der Waals surface area contributed by atoms with Crippen molar-refractivity contribution in [1.29, 1.82) is 0 Å². The van der Waals surface area contributed by atoms with Gasteiger partial charge in [0.2, 0.25) is 0 Å². The maximum Gasteiger partial charge on any atom is 0.254 e. The Morgan fingerprint density at radius 2 is 1.90 bits per heavy atom. The summed E-state index contributed by atoms with van der Waals surface area (Å²) in [4.78, 5) is 39.6. The number of aromatic nitrogens is 4. The van der Waals surface area contributed by atoms with Gasteiger partial charge in [0.15, 0.2) is 5.82 Å². The second-order valence-corrected chi connectivity index (χ2v) is 14.9. The molecule has 1 aromatic carbocycles. The molecule has 2 aliphatic heterocycles. The first kappa shape index (κ1) is 30.1. The smallest absolute Gasteiger partial charge is 0.254 e. The van der Waals surface area contributed by atoms with Crippen LogP contribution in [0, 0.1) is 5.92 Å². The van der Waals surface area contributed by atoms with Gasteiger partial charge in [0.25, 0.3) is 11.8 Å². The normalized spacial score (nSPS) is 27.1. The van der Waals surface area contributed by atoms with Gasteiger partial charge >= 0.3 is 0 Å². The predicted octanol–water partition coefficient (Wildman–Crippen LogP) is 5.26. The zero-order valence-electron chi connectivity index (χ0n) is 27.9. The van der Waals surface area contributed by atoms with E-state index in [-0.39, 0.29) is 29.9 Å². The Bertz CT molecular complexity index is 1940. The van der Waals surface area contributed by atoms with Crippen LogP contribution in [0.2, 0.25) is 0 Å². The number of aryl methyl sites for hydroxylation is 1. The topological polar surface area (TPSA) is 130 Å². The molecule has 252 valence electrons. The van der Waals surface area contributed by atoms with Gasteiger partial charge in [-0.15, -0.1) is 0 Å². The fourth-order valence-corrected chi connectivity index (χ4v) is 8.51. The van der Waals surface area contributed by atoms with E-state index < -0.39 is 5.60 Å². The van der Waals surface area contributed by atoms with Gasteiger partial charge in [-0.05, 0) is 107 Å². The number of imidazole rings is 1. The third-order valence-corrected chi connectivity index (χ3v) is 11.6. The lowest BCUT2D eigenvalue weighted by Crippen LogP contribution is -2.51. The van der Waals surface area contributed by atoms with Crippen LogP contribution in [0.4, 0.5) is 0 Å². The summed E-state index contributed by atoms with van der Waals surface area (Å²) in [5.74, 6) is 2.03. The highest BCUT2D eigenvalue weighted by Gasteiger charge is 2.51. The molecule has 3 saturated carbocycles. The molecular weight excluding hydrogens is 606 g/mol. The number of amides is 2. The first-order chi connectivity index (χ1) is 23.3. The molecule has 3 N–H and O–H groups in total. The minimum absolute atomic E-state index is 0.00956. The molecule has 11 nitrogen and oxygen atoms in total. The summed E-state index contributed by atoms with van der Waals surface area (Å²) in [7, 11) is 1.68. The van der Waals surface area contributed by atoms with E-state index in [0.717, 1.165) is 110 Å². The van der Waals surface area contributed by atoms with E-state index in [9.17, 15) is 9.59 Å². The van der Waals surface area contributed by atoms with Gasteiger partial charge in [0.05, 0.1) is 30.1 Å². The van der Waals surface area contributed by atoms with Crippen molar-refractivity contribution in [2.75, 3.05) is 20.3 Å². The van der Waals surface area contributed by atoms with Crippen LogP contribution in [0.15, 0.2) is 30.3 Å². The van der Waals surface area contributed by atoms with E-state index in [1.165, 1.54) is 0 Å². The highest BCUT2D eigenvalue weighted by molar-refractivity contribution is 6.00. The Kier molecular flexibility index (Phi) is 7.09. The molecule has 0 radical (unpaired) electrons. The lowest BCUT2D eigenvalue weighted by atomic mass is 9.94. The minimum atomic E-state index is -0.663. The van der Waals surface area contributed by atoms with E-state index in [0.29, 0.717) is 36.4 Å². The molecule has 4 fully saturated rings. The fourth-order valence-electron chi connectivity index (χ4n) is 8.51. The number of hydrogen-bond donors (Lipinski definition) is 2. The molecule has 0 unspecified atom stereocenters. The predicted molar refractivity (Wildman–Crippen MR) is 182 cm³/mol. The Morgan fingerprint density at radius 3 is 2.69 bits per heavy atom. The van der Waals surface area contributed by atoms with Crippen molar-refractivity contribution in [3.8, 4) is 17.3 Å². The number of rotatable bonds is 4. The monoisotopic (exact) mass is 651 g/mol. The van der Waals surface area contributed by atoms with Crippen LogP contribution in [0.5, 0.6) is 5.75 Å². The van der Waals surface area contributed by atoms with Crippen LogP contribution in [-0.2, 0) is 16.1 Å². The van der Waals surface area contributed by atoms with E-state index >= 15 is 0 Å². The van der Waals surface area contributed by atoms with E-state index in [1.807, 2.05) is 30.0 Å². The SMILES string of the molecule is COc1cc(C(=O)N2C[C@H](N)[C@@H]3CC[C@H]2C3)cc2nc(-c3cc4ccc5nc4n3CCCCCOC3(CC3)C(=O)N[C@@H]5C)n(C3CC3)c12. The number of piperidine rings is 1. The molecule has 4 atom stereocenters. The van der Waals surface area contributed by atoms with Crippen LogP contribution >= 0.6 is 0 Å². The number of nitrogens with zero attached hydrogens (tertiary/aromatic N) is 5. The number of hydrogen-bond acceptors (Lipinski definition) is 7. The summed E-state index contributed by atoms with van der Waals surface area (Å²) in [5, 5.41) is 4.21. The maximum atomic E-state index is 14.0. The fraction of sp³-hybridized carbons (Fsp3) is 0.568. The van der Waals surface area contributed by atoms with Gasteiger partial charge in [-0.1, -0.05) is 0 Å². The summed E-state index contributed by atoms with van der Waals surface area (Å²) in [6, 6.07) is 10.5. The maximum absolute atomic E-state index is 14.0. The van der Waals surface area contributed by atoms with Gasteiger partial charge in [0.1, 0.15) is 22.5 Å². The Morgan fingerprint density at radius 1 is 1.06 bits per heavy atom. The van der Waals surface area contributed by atoms with Crippen LogP contribution in [0.1, 0.15) is 99.3 Å². The number of carbonyl (C=O) groups is 2. The summed E-state index contributed by atoms with van der Waals surface area (Å²) in [5.41, 5.74) is 10.8. The van der Waals surface area contributed by atoms with Crippen molar-refractivity contribution >= 4 is 33.9 Å². The molecule has 3 aromatic heterocycles. The van der Waals surface area contributed by atoms with Crippen LogP contribution < -0.4 is 15.8 Å². The molecule has 3 aliphatic carbocycles. The third kappa shape index (κ3) is 4.91. The van der Waals surface area contributed by atoms with Gasteiger partial charge in [-0.2, -0.15) is 0 Å². The van der Waals surface area contributed by atoms with Crippen LogP contribution in [0.3, 0.4) is 0 Å². The highest BCUT2D eigenvalue weighted by Crippen LogP contribution is 2.46. The van der Waals surface area contributed by atoms with Crippen LogP contribution in [-0.4, -0.2) is 73.8 Å². The second-order valence-electron chi connectivity index (χ2n) is 14.9. The number of pyridine rings is 1. The number of likely N-dealkylation sites (tertiary alicyclic amines) is 1. The molecule has 4 aromatic rings. The molecule has 11 heteroatoms.